The number of rotatable bonds is 0. The Morgan fingerprint density at radius 3 is 0.833 bits per heavy atom. The first-order valence-corrected chi connectivity index (χ1v) is 13.0. The van der Waals surface area contributed by atoms with Gasteiger partial charge in [0.25, 0.3) is 0 Å². The summed E-state index contributed by atoms with van der Waals surface area (Å²) in [7, 11) is 0. The van der Waals surface area contributed by atoms with Crippen molar-refractivity contribution in [1.29, 1.82) is 0 Å². The summed E-state index contributed by atoms with van der Waals surface area (Å²) in [5.41, 5.74) is 6.45. The molecular weight excluding hydrogens is 610 g/mol. The second kappa shape index (κ2) is 9.97. The minimum atomic E-state index is 0. The van der Waals surface area contributed by atoms with Crippen LogP contribution in [0.2, 0.25) is 0 Å². The van der Waals surface area contributed by atoms with E-state index in [-0.39, 0.29) is 33.8 Å². The molecule has 3 aromatic heterocycles. The van der Waals surface area contributed by atoms with E-state index in [4.69, 9.17) is 29.9 Å². The van der Waals surface area contributed by atoms with Crippen LogP contribution in [0.4, 0.5) is 0 Å². The fourth-order valence-corrected chi connectivity index (χ4v) is 5.59. The van der Waals surface area contributed by atoms with E-state index >= 15 is 0 Å². The molecule has 5 heterocycles. The van der Waals surface area contributed by atoms with Gasteiger partial charge in [-0.2, -0.15) is 0 Å². The Bertz CT molecular complexity index is 2040. The molecule has 42 heavy (non-hydrogen) atoms. The summed E-state index contributed by atoms with van der Waals surface area (Å²) in [6.07, 6.45) is 0. The first-order valence-electron chi connectivity index (χ1n) is 13.0. The first-order chi connectivity index (χ1) is 19.8. The zero-order chi connectivity index (χ0) is 26.2. The SMILES string of the molecule is [Co].[Mn].c1ccc2c(c1)-c1nc-2nc2[nH]c(nc3nc(nc4[nH]c(n1)c1ccccc41)-c1ccccc1-3)c1ccccc21. The van der Waals surface area contributed by atoms with Gasteiger partial charge in [0.15, 0.2) is 23.3 Å². The van der Waals surface area contributed by atoms with Gasteiger partial charge in [-0.25, -0.2) is 29.9 Å². The molecule has 8 nitrogen and oxygen atoms in total. The zero-order valence-electron chi connectivity index (χ0n) is 21.6. The van der Waals surface area contributed by atoms with E-state index in [0.29, 0.717) is 45.9 Å². The fraction of sp³-hybridized carbons (Fsp3) is 0. The van der Waals surface area contributed by atoms with E-state index in [1.165, 1.54) is 0 Å². The maximum atomic E-state index is 5.02. The summed E-state index contributed by atoms with van der Waals surface area (Å²) in [5.74, 6) is 2.39. The smallest absolute Gasteiger partial charge is 0.164 e. The Morgan fingerprint density at radius 2 is 0.571 bits per heavy atom. The molecule has 2 aliphatic heterocycles. The number of benzene rings is 4. The molecule has 2 radical (unpaired) electrons. The van der Waals surface area contributed by atoms with Crippen LogP contribution in [0, 0.1) is 0 Å². The van der Waals surface area contributed by atoms with E-state index in [1.807, 2.05) is 97.1 Å². The standard InChI is InChI=1S/C32H18N8.Co.Mn/c1-2-10-18-17(9-1)25-33-26(18)38-28-21-13-5-6-14-22(21)30(35-28)40-32-24-16-8-7-15-23(24)31(36-32)39-29-20-12-4-3-11-19(20)27(34-29)37-25;;/h1-16H,(H2,33,34,35,36,37,38,39,40);;. The fourth-order valence-electron chi connectivity index (χ4n) is 5.59. The molecule has 0 unspecified atom stereocenters. The van der Waals surface area contributed by atoms with Crippen molar-refractivity contribution in [2.45, 2.75) is 0 Å². The predicted octanol–water partition coefficient (Wildman–Crippen LogP) is 6.86. The Kier molecular flexibility index (Phi) is 6.21. The quantitative estimate of drug-likeness (QED) is 0.178. The number of H-pyrrole nitrogens is 2. The summed E-state index contributed by atoms with van der Waals surface area (Å²) < 4.78 is 0. The molecule has 0 saturated heterocycles. The maximum Gasteiger partial charge on any atom is 0.164 e. The molecule has 9 rings (SSSR count). The Balaban J connectivity index is 0.00000144. The molecule has 7 aromatic rings. The molecule has 0 atom stereocenters. The summed E-state index contributed by atoms with van der Waals surface area (Å²) in [6, 6.07) is 32.2. The van der Waals surface area contributed by atoms with Crippen molar-refractivity contribution in [1.82, 2.24) is 39.9 Å². The molecule has 4 aromatic carbocycles. The third-order valence-corrected chi connectivity index (χ3v) is 7.46. The van der Waals surface area contributed by atoms with Gasteiger partial charge >= 0.3 is 0 Å². The van der Waals surface area contributed by atoms with Crippen molar-refractivity contribution < 1.29 is 33.8 Å². The second-order valence-electron chi connectivity index (χ2n) is 9.79. The van der Waals surface area contributed by atoms with Gasteiger partial charge in [-0.05, 0) is 0 Å². The number of aromatic amines is 2. The topological polar surface area (TPSA) is 109 Å². The van der Waals surface area contributed by atoms with Gasteiger partial charge in [-0.1, -0.05) is 97.1 Å². The Labute approximate surface area is 259 Å². The minimum Gasteiger partial charge on any atom is -0.324 e. The maximum absolute atomic E-state index is 5.02. The summed E-state index contributed by atoms with van der Waals surface area (Å²) in [5, 5.41) is 3.82. The molecule has 8 bridgehead atoms. The van der Waals surface area contributed by atoms with Crippen molar-refractivity contribution in [2.24, 2.45) is 0 Å². The number of aromatic nitrogens is 8. The van der Waals surface area contributed by atoms with Gasteiger partial charge in [0.05, 0.1) is 0 Å². The van der Waals surface area contributed by atoms with Crippen LogP contribution in [0.25, 0.3) is 89.7 Å². The molecule has 0 aliphatic carbocycles. The Hall–Kier alpha value is -4.73. The Morgan fingerprint density at radius 1 is 0.333 bits per heavy atom. The van der Waals surface area contributed by atoms with Crippen LogP contribution >= 0.6 is 0 Å². The number of nitrogens with one attached hydrogen (secondary N) is 2. The van der Waals surface area contributed by atoms with Gasteiger partial charge in [-0.15, -0.1) is 0 Å². The molecule has 0 saturated carbocycles. The summed E-state index contributed by atoms with van der Waals surface area (Å²) in [4.78, 5) is 36.8. The zero-order valence-corrected chi connectivity index (χ0v) is 23.9. The van der Waals surface area contributed by atoms with Crippen LogP contribution in [0.1, 0.15) is 0 Å². The van der Waals surface area contributed by atoms with E-state index in [9.17, 15) is 0 Å². The predicted molar refractivity (Wildman–Crippen MR) is 156 cm³/mol. The minimum absolute atomic E-state index is 0. The van der Waals surface area contributed by atoms with Gasteiger partial charge in [0, 0.05) is 77.6 Å². The number of nitrogens with zero attached hydrogens (tertiary/aromatic N) is 6. The van der Waals surface area contributed by atoms with Crippen LogP contribution < -0.4 is 0 Å². The summed E-state index contributed by atoms with van der Waals surface area (Å²) in [6.45, 7) is 0. The van der Waals surface area contributed by atoms with Crippen molar-refractivity contribution in [3.05, 3.63) is 97.1 Å². The van der Waals surface area contributed by atoms with Gasteiger partial charge in [-0.3, -0.25) is 0 Å². The van der Waals surface area contributed by atoms with E-state index in [1.54, 1.807) is 0 Å². The monoisotopic (exact) mass is 628 g/mol. The van der Waals surface area contributed by atoms with E-state index in [0.717, 1.165) is 43.8 Å². The van der Waals surface area contributed by atoms with Gasteiger partial charge in [0.2, 0.25) is 0 Å². The molecule has 0 amide bonds. The third-order valence-electron chi connectivity index (χ3n) is 7.46. The van der Waals surface area contributed by atoms with Gasteiger partial charge in [0.1, 0.15) is 22.6 Å². The molecule has 0 spiro atoms. The largest absolute Gasteiger partial charge is 0.324 e. The number of fused-ring (bicyclic) bond motifs is 20. The molecule has 0 fully saturated rings. The first kappa shape index (κ1) is 26.2. The van der Waals surface area contributed by atoms with Crippen molar-refractivity contribution >= 4 is 44.1 Å². The normalized spacial score (nSPS) is 11.4. The third kappa shape index (κ3) is 3.88. The van der Waals surface area contributed by atoms with Crippen LogP contribution in [-0.4, -0.2) is 39.9 Å². The number of hydrogen-bond donors (Lipinski definition) is 2. The molecule has 2 N–H and O–H groups in total. The van der Waals surface area contributed by atoms with E-state index in [2.05, 4.69) is 9.97 Å². The van der Waals surface area contributed by atoms with Gasteiger partial charge < -0.3 is 9.97 Å². The van der Waals surface area contributed by atoms with Crippen molar-refractivity contribution in [3.8, 4) is 45.6 Å². The van der Waals surface area contributed by atoms with Crippen LogP contribution in [0.15, 0.2) is 97.1 Å². The van der Waals surface area contributed by atoms with Crippen LogP contribution in [-0.2, 0) is 33.8 Å². The second-order valence-corrected chi connectivity index (χ2v) is 9.79. The average molecular weight is 628 g/mol. The van der Waals surface area contributed by atoms with E-state index < -0.39 is 0 Å². The molecule has 2 aliphatic rings. The molecule has 202 valence electrons. The van der Waals surface area contributed by atoms with Crippen LogP contribution in [0.5, 0.6) is 0 Å². The molecule has 10 heteroatoms. The van der Waals surface area contributed by atoms with Crippen molar-refractivity contribution in [3.63, 3.8) is 0 Å². The summed E-state index contributed by atoms with van der Waals surface area (Å²) >= 11 is 0. The molecular formula is C32H18CoMnN8. The van der Waals surface area contributed by atoms with Crippen molar-refractivity contribution in [2.75, 3.05) is 0 Å². The average Bonchev–Trinajstić information content (AvgIpc) is 3.73. The number of hydrogen-bond acceptors (Lipinski definition) is 6. The van der Waals surface area contributed by atoms with Crippen LogP contribution in [0.3, 0.4) is 0 Å².